The normalized spacial score (nSPS) is 31.6. The molecule has 1 saturated carbocycles. The highest BCUT2D eigenvalue weighted by Crippen LogP contribution is 2.43. The van der Waals surface area contributed by atoms with Crippen LogP contribution in [0.3, 0.4) is 0 Å². The highest BCUT2D eigenvalue weighted by Gasteiger charge is 2.48. The second kappa shape index (κ2) is 5.00. The maximum Gasteiger partial charge on any atom is 0.195 e. The van der Waals surface area contributed by atoms with Crippen molar-refractivity contribution in [1.29, 1.82) is 0 Å². The molecule has 3 nitrogen and oxygen atoms in total. The van der Waals surface area contributed by atoms with Crippen molar-refractivity contribution in [2.75, 3.05) is 6.61 Å². The number of hydrogen-bond donors (Lipinski definition) is 2. The lowest BCUT2D eigenvalue weighted by molar-refractivity contribution is -0.212. The zero-order chi connectivity index (χ0) is 13.3. The van der Waals surface area contributed by atoms with Gasteiger partial charge in [0.1, 0.15) is 0 Å². The smallest absolute Gasteiger partial charge is 0.195 e. The minimum atomic E-state index is -1.98. The Hall–Kier alpha value is 0.0969. The molecule has 4 heteroatoms. The molecule has 0 aromatic rings. The van der Waals surface area contributed by atoms with Gasteiger partial charge in [0.25, 0.3) is 0 Å². The summed E-state index contributed by atoms with van der Waals surface area (Å²) in [5.41, 5.74) is 0. The van der Waals surface area contributed by atoms with Gasteiger partial charge in [-0.3, -0.25) is 0 Å². The summed E-state index contributed by atoms with van der Waals surface area (Å²) < 4.78 is 6.17. The molecule has 0 aromatic heterocycles. The fourth-order valence-electron chi connectivity index (χ4n) is 2.16. The predicted molar refractivity (Wildman–Crippen MR) is 72.3 cm³/mol. The Morgan fingerprint density at radius 2 is 1.88 bits per heavy atom. The molecule has 0 saturated heterocycles. The third kappa shape index (κ3) is 3.31. The van der Waals surface area contributed by atoms with Crippen LogP contribution in [0.15, 0.2) is 0 Å². The van der Waals surface area contributed by atoms with Crippen molar-refractivity contribution in [2.45, 2.75) is 70.4 Å². The molecule has 0 aromatic carbocycles. The van der Waals surface area contributed by atoms with Crippen molar-refractivity contribution < 1.29 is 14.6 Å². The highest BCUT2D eigenvalue weighted by atomic mass is 28.4. The van der Waals surface area contributed by atoms with Crippen LogP contribution in [0.5, 0.6) is 0 Å². The van der Waals surface area contributed by atoms with Gasteiger partial charge in [0, 0.05) is 12.3 Å². The van der Waals surface area contributed by atoms with E-state index in [9.17, 15) is 10.2 Å². The minimum Gasteiger partial charge on any atom is -0.396 e. The van der Waals surface area contributed by atoms with Crippen LogP contribution in [0.1, 0.15) is 46.5 Å². The van der Waals surface area contributed by atoms with Crippen LogP contribution in [-0.4, -0.2) is 30.9 Å². The summed E-state index contributed by atoms with van der Waals surface area (Å²) in [7, 11) is -1.98. The molecule has 2 atom stereocenters. The molecule has 1 aliphatic carbocycles. The van der Waals surface area contributed by atoms with Gasteiger partial charge in [0.15, 0.2) is 14.1 Å². The van der Waals surface area contributed by atoms with Crippen LogP contribution in [0, 0.1) is 5.92 Å². The van der Waals surface area contributed by atoms with Gasteiger partial charge in [-0.15, -0.1) is 0 Å². The average Bonchev–Trinajstić information content (AvgIpc) is 2.15. The summed E-state index contributed by atoms with van der Waals surface area (Å²) in [5.74, 6) is -1.22. The number of rotatable bonds is 3. The molecule has 1 aliphatic rings. The van der Waals surface area contributed by atoms with Crippen molar-refractivity contribution in [1.82, 2.24) is 0 Å². The van der Waals surface area contributed by atoms with Crippen molar-refractivity contribution >= 4 is 8.32 Å². The molecule has 1 fully saturated rings. The molecule has 0 spiro atoms. The SMILES string of the molecule is CC(C)(C)[Si](C)(C)OC1(O)CCCCC1CO. The van der Waals surface area contributed by atoms with Crippen molar-refractivity contribution in [2.24, 2.45) is 5.92 Å². The molecule has 0 heterocycles. The molecule has 0 amide bonds. The topological polar surface area (TPSA) is 49.7 Å². The summed E-state index contributed by atoms with van der Waals surface area (Å²) in [6, 6.07) is 0. The van der Waals surface area contributed by atoms with Crippen LogP contribution in [0.2, 0.25) is 18.1 Å². The first-order chi connectivity index (χ1) is 7.62. The Balaban J connectivity index is 2.83. The number of aliphatic hydroxyl groups excluding tert-OH is 1. The second-order valence-corrected chi connectivity index (χ2v) is 11.6. The van der Waals surface area contributed by atoms with Crippen LogP contribution < -0.4 is 0 Å². The molecule has 17 heavy (non-hydrogen) atoms. The molecule has 102 valence electrons. The lowest BCUT2D eigenvalue weighted by Gasteiger charge is -2.47. The predicted octanol–water partition coefficient (Wildman–Crippen LogP) is 2.88. The maximum absolute atomic E-state index is 10.7. The van der Waals surface area contributed by atoms with Gasteiger partial charge in [0.05, 0.1) is 6.61 Å². The summed E-state index contributed by atoms with van der Waals surface area (Å²) in [5, 5.41) is 20.2. The molecule has 2 N–H and O–H groups in total. The molecule has 2 unspecified atom stereocenters. The monoisotopic (exact) mass is 260 g/mol. The summed E-state index contributed by atoms with van der Waals surface area (Å²) >= 11 is 0. The molecular formula is C13H28O3Si. The van der Waals surface area contributed by atoms with E-state index in [-0.39, 0.29) is 17.6 Å². The van der Waals surface area contributed by atoms with E-state index >= 15 is 0 Å². The highest BCUT2D eigenvalue weighted by molar-refractivity contribution is 6.74. The van der Waals surface area contributed by atoms with Crippen LogP contribution in [0.25, 0.3) is 0 Å². The van der Waals surface area contributed by atoms with Gasteiger partial charge in [0.2, 0.25) is 0 Å². The van der Waals surface area contributed by atoms with E-state index in [4.69, 9.17) is 4.43 Å². The van der Waals surface area contributed by atoms with Crippen molar-refractivity contribution in [3.05, 3.63) is 0 Å². The van der Waals surface area contributed by atoms with Gasteiger partial charge in [-0.25, -0.2) is 0 Å². The first-order valence-corrected chi connectivity index (χ1v) is 9.57. The molecule has 0 bridgehead atoms. The van der Waals surface area contributed by atoms with Crippen LogP contribution in [-0.2, 0) is 4.43 Å². The van der Waals surface area contributed by atoms with Crippen LogP contribution in [0.4, 0.5) is 0 Å². The second-order valence-electron chi connectivity index (χ2n) is 6.83. The number of hydrogen-bond acceptors (Lipinski definition) is 3. The molecule has 0 radical (unpaired) electrons. The van der Waals surface area contributed by atoms with Gasteiger partial charge >= 0.3 is 0 Å². The third-order valence-electron chi connectivity index (χ3n) is 4.43. The third-order valence-corrected chi connectivity index (χ3v) is 8.91. The lowest BCUT2D eigenvalue weighted by Crippen LogP contribution is -2.55. The summed E-state index contributed by atoms with van der Waals surface area (Å²) in [6.45, 7) is 10.8. The average molecular weight is 260 g/mol. The maximum atomic E-state index is 10.7. The fourth-order valence-corrected chi connectivity index (χ4v) is 3.62. The van der Waals surface area contributed by atoms with Crippen molar-refractivity contribution in [3.8, 4) is 0 Å². The van der Waals surface area contributed by atoms with E-state index < -0.39 is 14.1 Å². The van der Waals surface area contributed by atoms with Gasteiger partial charge in [-0.1, -0.05) is 27.2 Å². The quantitative estimate of drug-likeness (QED) is 0.606. The Kier molecular flexibility index (Phi) is 4.45. The summed E-state index contributed by atoms with van der Waals surface area (Å²) in [6.07, 6.45) is 3.59. The zero-order valence-corrected chi connectivity index (χ0v) is 12.9. The Labute approximate surface area is 106 Å². The Morgan fingerprint density at radius 1 is 1.29 bits per heavy atom. The van der Waals surface area contributed by atoms with E-state index in [1.54, 1.807) is 0 Å². The molecule has 0 aliphatic heterocycles. The zero-order valence-electron chi connectivity index (χ0n) is 11.9. The Morgan fingerprint density at radius 3 is 2.35 bits per heavy atom. The fraction of sp³-hybridized carbons (Fsp3) is 1.00. The van der Waals surface area contributed by atoms with E-state index in [0.717, 1.165) is 19.3 Å². The first kappa shape index (κ1) is 15.2. The van der Waals surface area contributed by atoms with E-state index in [0.29, 0.717) is 6.42 Å². The van der Waals surface area contributed by atoms with E-state index in [1.165, 1.54) is 0 Å². The Bertz CT molecular complexity index is 260. The van der Waals surface area contributed by atoms with E-state index in [1.807, 2.05) is 0 Å². The summed E-state index contributed by atoms with van der Waals surface area (Å²) in [4.78, 5) is 0. The molecular weight excluding hydrogens is 232 g/mol. The first-order valence-electron chi connectivity index (χ1n) is 6.66. The molecule has 1 rings (SSSR count). The van der Waals surface area contributed by atoms with Crippen molar-refractivity contribution in [3.63, 3.8) is 0 Å². The van der Waals surface area contributed by atoms with Gasteiger partial charge in [-0.2, -0.15) is 0 Å². The number of aliphatic hydroxyl groups is 2. The van der Waals surface area contributed by atoms with Crippen LogP contribution >= 0.6 is 0 Å². The van der Waals surface area contributed by atoms with E-state index in [2.05, 4.69) is 33.9 Å². The minimum absolute atomic E-state index is 0.0190. The van der Waals surface area contributed by atoms with Gasteiger partial charge in [-0.05, 0) is 31.0 Å². The standard InChI is InChI=1S/C13H28O3Si/c1-12(2,3)17(4,5)16-13(15)9-7-6-8-11(13)10-14/h11,14-15H,6-10H2,1-5H3. The largest absolute Gasteiger partial charge is 0.396 e. The lowest BCUT2D eigenvalue weighted by atomic mass is 9.84. The van der Waals surface area contributed by atoms with Gasteiger partial charge < -0.3 is 14.6 Å².